The zero-order valence-corrected chi connectivity index (χ0v) is 5.85. The Morgan fingerprint density at radius 3 is 2.56 bits per heavy atom. The van der Waals surface area contributed by atoms with Crippen molar-refractivity contribution in [3.05, 3.63) is 11.6 Å². The largest absolute Gasteiger partial charge is 0.392 e. The van der Waals surface area contributed by atoms with Gasteiger partial charge in [-0.15, -0.1) is 0 Å². The minimum atomic E-state index is -0.0441. The van der Waals surface area contributed by atoms with Gasteiger partial charge in [-0.25, -0.2) is 0 Å². The van der Waals surface area contributed by atoms with Crippen molar-refractivity contribution in [1.82, 2.24) is 0 Å². The predicted octanol–water partition coefficient (Wildman–Crippen LogP) is 0.904. The molecule has 0 aliphatic rings. The summed E-state index contributed by atoms with van der Waals surface area (Å²) in [5.41, 5.74) is 0.653. The summed E-state index contributed by atoms with van der Waals surface area (Å²) in [7, 11) is 0. The zero-order valence-electron chi connectivity index (χ0n) is 5.85. The van der Waals surface area contributed by atoms with E-state index in [2.05, 4.69) is 0 Å². The fourth-order valence-electron chi connectivity index (χ4n) is 0.530. The number of Topliss-reactive ketones (excluding diaryl/α,β-unsaturated/α-hetero) is 1. The Balaban J connectivity index is 3.86. The molecule has 0 fully saturated rings. The van der Waals surface area contributed by atoms with Crippen molar-refractivity contribution in [3.8, 4) is 0 Å². The molecule has 0 radical (unpaired) electrons. The first-order valence-corrected chi connectivity index (χ1v) is 3.03. The van der Waals surface area contributed by atoms with E-state index in [0.717, 1.165) is 0 Å². The van der Waals surface area contributed by atoms with Gasteiger partial charge in [-0.2, -0.15) is 0 Å². The van der Waals surface area contributed by atoms with Gasteiger partial charge in [-0.1, -0.05) is 13.0 Å². The highest BCUT2D eigenvalue weighted by Gasteiger charge is 1.97. The van der Waals surface area contributed by atoms with Crippen LogP contribution >= 0.6 is 0 Å². The maximum absolute atomic E-state index is 10.7. The summed E-state index contributed by atoms with van der Waals surface area (Å²) in [6, 6.07) is 0. The molecule has 0 aliphatic heterocycles. The summed E-state index contributed by atoms with van der Waals surface area (Å²) in [5.74, 6) is 0.101. The topological polar surface area (TPSA) is 37.3 Å². The smallest absolute Gasteiger partial charge is 0.158 e. The third-order valence-electron chi connectivity index (χ3n) is 1.16. The third kappa shape index (κ3) is 3.03. The van der Waals surface area contributed by atoms with Gasteiger partial charge in [0.15, 0.2) is 5.78 Å². The molecule has 0 unspecified atom stereocenters. The maximum atomic E-state index is 10.7. The number of aliphatic hydroxyl groups excluding tert-OH is 1. The molecule has 0 aromatic heterocycles. The van der Waals surface area contributed by atoms with Crippen LogP contribution in [-0.2, 0) is 4.79 Å². The molecule has 9 heavy (non-hydrogen) atoms. The van der Waals surface area contributed by atoms with Crippen LogP contribution in [-0.4, -0.2) is 17.5 Å². The van der Waals surface area contributed by atoms with Gasteiger partial charge in [0.05, 0.1) is 6.61 Å². The van der Waals surface area contributed by atoms with E-state index in [-0.39, 0.29) is 12.4 Å². The van der Waals surface area contributed by atoms with Crippen molar-refractivity contribution >= 4 is 5.78 Å². The number of carbonyl (C=O) groups excluding carboxylic acids is 1. The molecular weight excluding hydrogens is 116 g/mol. The second-order valence-electron chi connectivity index (χ2n) is 1.85. The molecule has 2 nitrogen and oxygen atoms in total. The Morgan fingerprint density at radius 2 is 2.22 bits per heavy atom. The van der Waals surface area contributed by atoms with Gasteiger partial charge in [-0.05, 0) is 12.5 Å². The summed E-state index contributed by atoms with van der Waals surface area (Å²) in [4.78, 5) is 10.7. The SMILES string of the molecule is CCC(=O)/C(C)=C/CO. The highest BCUT2D eigenvalue weighted by atomic mass is 16.2. The monoisotopic (exact) mass is 128 g/mol. The van der Waals surface area contributed by atoms with Crippen molar-refractivity contribution in [3.63, 3.8) is 0 Å². The van der Waals surface area contributed by atoms with Crippen molar-refractivity contribution in [2.75, 3.05) is 6.61 Å². The predicted molar refractivity (Wildman–Crippen MR) is 36.1 cm³/mol. The number of rotatable bonds is 3. The Labute approximate surface area is 55.2 Å². The molecular formula is C7H12O2. The molecule has 0 aromatic rings. The molecule has 0 saturated heterocycles. The van der Waals surface area contributed by atoms with Gasteiger partial charge >= 0.3 is 0 Å². The van der Waals surface area contributed by atoms with Gasteiger partial charge in [0.1, 0.15) is 0 Å². The number of aliphatic hydroxyl groups is 1. The number of allylic oxidation sites excluding steroid dienone is 1. The highest BCUT2D eigenvalue weighted by molar-refractivity contribution is 5.94. The van der Waals surface area contributed by atoms with Gasteiger partial charge < -0.3 is 5.11 Å². The van der Waals surface area contributed by atoms with Crippen molar-refractivity contribution in [2.24, 2.45) is 0 Å². The normalized spacial score (nSPS) is 11.7. The van der Waals surface area contributed by atoms with Crippen LogP contribution in [0.4, 0.5) is 0 Å². The van der Waals surface area contributed by atoms with Crippen LogP contribution in [0.1, 0.15) is 20.3 Å². The molecule has 0 amide bonds. The van der Waals surface area contributed by atoms with E-state index in [1.165, 1.54) is 6.08 Å². The van der Waals surface area contributed by atoms with Gasteiger partial charge in [0, 0.05) is 6.42 Å². The standard InChI is InChI=1S/C7H12O2/c1-3-7(9)6(2)4-5-8/h4,8H,3,5H2,1-2H3/b6-4+. The molecule has 0 aliphatic carbocycles. The third-order valence-corrected chi connectivity index (χ3v) is 1.16. The van der Waals surface area contributed by atoms with Crippen LogP contribution in [0, 0.1) is 0 Å². The van der Waals surface area contributed by atoms with Gasteiger partial charge in [0.25, 0.3) is 0 Å². The lowest BCUT2D eigenvalue weighted by molar-refractivity contribution is -0.115. The average molecular weight is 128 g/mol. The van der Waals surface area contributed by atoms with Crippen molar-refractivity contribution < 1.29 is 9.90 Å². The van der Waals surface area contributed by atoms with Crippen LogP contribution in [0.5, 0.6) is 0 Å². The van der Waals surface area contributed by atoms with Crippen molar-refractivity contribution in [1.29, 1.82) is 0 Å². The first kappa shape index (κ1) is 8.37. The number of hydrogen-bond acceptors (Lipinski definition) is 2. The molecule has 0 aromatic carbocycles. The van der Waals surface area contributed by atoms with E-state index in [1.807, 2.05) is 0 Å². The lowest BCUT2D eigenvalue weighted by Crippen LogP contribution is -1.96. The minimum absolute atomic E-state index is 0.0441. The molecule has 0 heterocycles. The van der Waals surface area contributed by atoms with E-state index in [0.29, 0.717) is 12.0 Å². The molecule has 0 atom stereocenters. The molecule has 52 valence electrons. The zero-order chi connectivity index (χ0) is 7.28. The van der Waals surface area contributed by atoms with Crippen LogP contribution < -0.4 is 0 Å². The first-order chi connectivity index (χ1) is 4.22. The first-order valence-electron chi connectivity index (χ1n) is 3.03. The van der Waals surface area contributed by atoms with Crippen LogP contribution in [0.2, 0.25) is 0 Å². The second kappa shape index (κ2) is 4.27. The molecule has 2 heteroatoms. The number of hydrogen-bond donors (Lipinski definition) is 1. The van der Waals surface area contributed by atoms with Crippen LogP contribution in [0.25, 0.3) is 0 Å². The number of carbonyl (C=O) groups is 1. The Bertz CT molecular complexity index is 125. The molecule has 0 rings (SSSR count). The average Bonchev–Trinajstić information content (AvgIpc) is 1.87. The van der Waals surface area contributed by atoms with E-state index in [4.69, 9.17) is 5.11 Å². The summed E-state index contributed by atoms with van der Waals surface area (Å²) in [6.45, 7) is 3.47. The maximum Gasteiger partial charge on any atom is 0.158 e. The molecule has 1 N–H and O–H groups in total. The van der Waals surface area contributed by atoms with E-state index >= 15 is 0 Å². The summed E-state index contributed by atoms with van der Waals surface area (Å²) >= 11 is 0. The number of ketones is 1. The Morgan fingerprint density at radius 1 is 1.67 bits per heavy atom. The van der Waals surface area contributed by atoms with Crippen molar-refractivity contribution in [2.45, 2.75) is 20.3 Å². The quantitative estimate of drug-likeness (QED) is 0.573. The Kier molecular flexibility index (Phi) is 3.97. The molecule has 0 saturated carbocycles. The summed E-state index contributed by atoms with van der Waals surface area (Å²) < 4.78 is 0. The molecule has 0 spiro atoms. The van der Waals surface area contributed by atoms with Gasteiger partial charge in [0.2, 0.25) is 0 Å². The minimum Gasteiger partial charge on any atom is -0.392 e. The fourth-order valence-corrected chi connectivity index (χ4v) is 0.530. The molecule has 0 bridgehead atoms. The second-order valence-corrected chi connectivity index (χ2v) is 1.85. The lowest BCUT2D eigenvalue weighted by Gasteiger charge is -1.92. The summed E-state index contributed by atoms with van der Waals surface area (Å²) in [6.07, 6.45) is 2.04. The summed E-state index contributed by atoms with van der Waals surface area (Å²) in [5, 5.41) is 8.35. The van der Waals surface area contributed by atoms with E-state index < -0.39 is 0 Å². The fraction of sp³-hybridized carbons (Fsp3) is 0.571. The highest BCUT2D eigenvalue weighted by Crippen LogP contribution is 1.96. The van der Waals surface area contributed by atoms with E-state index in [9.17, 15) is 4.79 Å². The van der Waals surface area contributed by atoms with E-state index in [1.54, 1.807) is 13.8 Å². The van der Waals surface area contributed by atoms with Crippen LogP contribution in [0.3, 0.4) is 0 Å². The van der Waals surface area contributed by atoms with Crippen LogP contribution in [0.15, 0.2) is 11.6 Å². The Hall–Kier alpha value is -0.630. The lowest BCUT2D eigenvalue weighted by atomic mass is 10.1. The van der Waals surface area contributed by atoms with Gasteiger partial charge in [-0.3, -0.25) is 4.79 Å².